The summed E-state index contributed by atoms with van der Waals surface area (Å²) in [5.41, 5.74) is 1.15. The highest BCUT2D eigenvalue weighted by Gasteiger charge is 1.95. The van der Waals surface area contributed by atoms with Crippen LogP contribution in [-0.2, 0) is 0 Å². The van der Waals surface area contributed by atoms with Crippen LogP contribution in [0.1, 0.15) is 5.56 Å². The molecule has 0 saturated heterocycles. The van der Waals surface area contributed by atoms with E-state index in [0.717, 1.165) is 14.9 Å². The summed E-state index contributed by atoms with van der Waals surface area (Å²) < 4.78 is 1.09. The normalized spacial score (nSPS) is 9.56. The van der Waals surface area contributed by atoms with Crippen molar-refractivity contribution in [3.05, 3.63) is 28.2 Å². The first-order valence-electron chi connectivity index (χ1n) is 2.64. The zero-order chi connectivity index (χ0) is 6.85. The standard InChI is InChI=1S/C7H6BrS/c1-5-6(8)3-2-4-7(5)9/h2-4H,1H3. The van der Waals surface area contributed by atoms with E-state index in [1.54, 1.807) is 0 Å². The van der Waals surface area contributed by atoms with Crippen LogP contribution in [0.2, 0.25) is 0 Å². The molecular weight excluding hydrogens is 196 g/mol. The van der Waals surface area contributed by atoms with Gasteiger partial charge in [-0.05, 0) is 24.6 Å². The van der Waals surface area contributed by atoms with Crippen molar-refractivity contribution >= 4 is 28.6 Å². The van der Waals surface area contributed by atoms with Crippen LogP contribution >= 0.6 is 28.6 Å². The first-order chi connectivity index (χ1) is 4.22. The molecule has 0 aliphatic rings. The Morgan fingerprint density at radius 2 is 2.11 bits per heavy atom. The lowest BCUT2D eigenvalue weighted by molar-refractivity contribution is 1.29. The molecule has 0 atom stereocenters. The molecule has 0 aliphatic heterocycles. The molecule has 0 nitrogen and oxygen atoms in total. The smallest absolute Gasteiger partial charge is 0.0417 e. The van der Waals surface area contributed by atoms with Crippen molar-refractivity contribution < 1.29 is 0 Å². The van der Waals surface area contributed by atoms with E-state index in [9.17, 15) is 0 Å². The zero-order valence-electron chi connectivity index (χ0n) is 5.02. The molecule has 1 rings (SSSR count). The highest BCUT2D eigenvalue weighted by molar-refractivity contribution is 9.10. The van der Waals surface area contributed by atoms with Gasteiger partial charge in [0.05, 0.1) is 0 Å². The second kappa shape index (κ2) is 2.67. The van der Waals surface area contributed by atoms with Gasteiger partial charge in [-0.2, -0.15) is 0 Å². The van der Waals surface area contributed by atoms with Crippen LogP contribution in [0.3, 0.4) is 0 Å². The summed E-state index contributed by atoms with van der Waals surface area (Å²) in [5, 5.41) is 0. The summed E-state index contributed by atoms with van der Waals surface area (Å²) in [5.74, 6) is 0. The molecule has 1 aromatic rings. The predicted molar refractivity (Wildman–Crippen MR) is 44.7 cm³/mol. The molecular formula is C7H6BrS. The van der Waals surface area contributed by atoms with E-state index in [0.29, 0.717) is 0 Å². The van der Waals surface area contributed by atoms with Gasteiger partial charge in [-0.25, -0.2) is 0 Å². The Kier molecular flexibility index (Phi) is 2.09. The van der Waals surface area contributed by atoms with Crippen LogP contribution < -0.4 is 0 Å². The van der Waals surface area contributed by atoms with Gasteiger partial charge in [-0.15, -0.1) is 0 Å². The maximum Gasteiger partial charge on any atom is 0.0417 e. The Morgan fingerprint density at radius 1 is 1.44 bits per heavy atom. The molecule has 1 aromatic carbocycles. The van der Waals surface area contributed by atoms with Crippen molar-refractivity contribution in [3.8, 4) is 0 Å². The van der Waals surface area contributed by atoms with Gasteiger partial charge in [0.1, 0.15) is 0 Å². The van der Waals surface area contributed by atoms with Gasteiger partial charge in [0, 0.05) is 9.37 Å². The second-order valence-electron chi connectivity index (χ2n) is 1.86. The molecule has 1 radical (unpaired) electrons. The molecule has 2 heteroatoms. The van der Waals surface area contributed by atoms with Crippen LogP contribution in [0.15, 0.2) is 27.6 Å². The Morgan fingerprint density at radius 3 is 2.56 bits per heavy atom. The molecule has 0 spiro atoms. The van der Waals surface area contributed by atoms with Crippen LogP contribution in [0.25, 0.3) is 0 Å². The van der Waals surface area contributed by atoms with E-state index in [1.807, 2.05) is 25.1 Å². The molecule has 47 valence electrons. The fourth-order valence-corrected chi connectivity index (χ4v) is 1.27. The SMILES string of the molecule is Cc1c([S])cccc1Br. The Hall–Kier alpha value is -0.0800. The maximum atomic E-state index is 5.01. The first-order valence-corrected chi connectivity index (χ1v) is 3.84. The highest BCUT2D eigenvalue weighted by atomic mass is 79.9. The van der Waals surface area contributed by atoms with E-state index in [4.69, 9.17) is 12.6 Å². The highest BCUT2D eigenvalue weighted by Crippen LogP contribution is 2.21. The molecule has 0 aliphatic carbocycles. The van der Waals surface area contributed by atoms with Gasteiger partial charge in [0.25, 0.3) is 0 Å². The summed E-state index contributed by atoms with van der Waals surface area (Å²) >= 11 is 8.39. The zero-order valence-corrected chi connectivity index (χ0v) is 7.42. The van der Waals surface area contributed by atoms with Gasteiger partial charge in [0.2, 0.25) is 0 Å². The van der Waals surface area contributed by atoms with Crippen molar-refractivity contribution in [1.82, 2.24) is 0 Å². The topological polar surface area (TPSA) is 0 Å². The Labute approximate surface area is 68.8 Å². The molecule has 0 fully saturated rings. The Balaban J connectivity index is 3.25. The molecule has 0 aromatic heterocycles. The third-order valence-electron chi connectivity index (χ3n) is 1.22. The van der Waals surface area contributed by atoms with E-state index >= 15 is 0 Å². The number of rotatable bonds is 0. The van der Waals surface area contributed by atoms with Crippen molar-refractivity contribution in [2.24, 2.45) is 0 Å². The summed E-state index contributed by atoms with van der Waals surface area (Å²) in [6.45, 7) is 2.01. The molecule has 0 N–H and O–H groups in total. The number of hydrogen-bond acceptors (Lipinski definition) is 0. The fourth-order valence-electron chi connectivity index (χ4n) is 0.588. The van der Waals surface area contributed by atoms with E-state index in [-0.39, 0.29) is 0 Å². The molecule has 0 amide bonds. The lowest BCUT2D eigenvalue weighted by Crippen LogP contribution is -1.75. The molecule has 9 heavy (non-hydrogen) atoms. The molecule has 0 bridgehead atoms. The third-order valence-corrected chi connectivity index (χ3v) is 2.52. The minimum Gasteiger partial charge on any atom is -0.0798 e. The van der Waals surface area contributed by atoms with Crippen LogP contribution in [0.5, 0.6) is 0 Å². The summed E-state index contributed by atoms with van der Waals surface area (Å²) in [6, 6.07) is 5.86. The fraction of sp³-hybridized carbons (Fsp3) is 0.143. The molecule has 0 unspecified atom stereocenters. The van der Waals surface area contributed by atoms with Gasteiger partial charge in [-0.3, -0.25) is 0 Å². The molecule has 0 heterocycles. The van der Waals surface area contributed by atoms with Crippen molar-refractivity contribution in [1.29, 1.82) is 0 Å². The average Bonchev–Trinajstić information content (AvgIpc) is 1.83. The van der Waals surface area contributed by atoms with Gasteiger partial charge in [0.15, 0.2) is 0 Å². The van der Waals surface area contributed by atoms with Crippen LogP contribution in [0.4, 0.5) is 0 Å². The van der Waals surface area contributed by atoms with Gasteiger partial charge >= 0.3 is 0 Å². The quantitative estimate of drug-likeness (QED) is 0.605. The summed E-state index contributed by atoms with van der Waals surface area (Å²) in [6.07, 6.45) is 0. The minimum absolute atomic E-state index is 0.921. The number of hydrogen-bond donors (Lipinski definition) is 0. The summed E-state index contributed by atoms with van der Waals surface area (Å²) in [7, 11) is 0. The largest absolute Gasteiger partial charge is 0.0798 e. The Bertz CT molecular complexity index is 200. The summed E-state index contributed by atoms with van der Waals surface area (Å²) in [4.78, 5) is 0.921. The molecule has 0 saturated carbocycles. The van der Waals surface area contributed by atoms with Crippen molar-refractivity contribution in [3.63, 3.8) is 0 Å². The van der Waals surface area contributed by atoms with Crippen molar-refractivity contribution in [2.45, 2.75) is 11.8 Å². The van der Waals surface area contributed by atoms with Crippen LogP contribution in [-0.4, -0.2) is 0 Å². The van der Waals surface area contributed by atoms with Gasteiger partial charge in [-0.1, -0.05) is 34.6 Å². The average molecular weight is 202 g/mol. The van der Waals surface area contributed by atoms with E-state index < -0.39 is 0 Å². The number of benzene rings is 1. The second-order valence-corrected chi connectivity index (χ2v) is 3.16. The van der Waals surface area contributed by atoms with Gasteiger partial charge < -0.3 is 0 Å². The number of halogens is 1. The minimum atomic E-state index is 0.921. The van der Waals surface area contributed by atoms with Crippen LogP contribution in [0, 0.1) is 6.92 Å². The monoisotopic (exact) mass is 201 g/mol. The first kappa shape index (κ1) is 7.03. The maximum absolute atomic E-state index is 5.01. The lowest BCUT2D eigenvalue weighted by atomic mass is 10.2. The predicted octanol–water partition coefficient (Wildman–Crippen LogP) is 3.31. The lowest BCUT2D eigenvalue weighted by Gasteiger charge is -1.97. The third kappa shape index (κ3) is 1.43. The van der Waals surface area contributed by atoms with E-state index in [2.05, 4.69) is 15.9 Å². The van der Waals surface area contributed by atoms with E-state index in [1.165, 1.54) is 0 Å². The van der Waals surface area contributed by atoms with Crippen molar-refractivity contribution in [2.75, 3.05) is 0 Å².